The number of nitrogen functional groups attached to an aromatic ring is 1. The van der Waals surface area contributed by atoms with Gasteiger partial charge in [0.15, 0.2) is 0 Å². The smallest absolute Gasteiger partial charge is 0.255 e. The lowest BCUT2D eigenvalue weighted by atomic mass is 10.2. The summed E-state index contributed by atoms with van der Waals surface area (Å²) in [7, 11) is 0. The monoisotopic (exact) mass is 304 g/mol. The molecule has 0 unspecified atom stereocenters. The number of aryl methyl sites for hydroxylation is 1. The number of hydrogen-bond donors (Lipinski definition) is 2. The first-order valence-corrected chi connectivity index (χ1v) is 6.28. The van der Waals surface area contributed by atoms with Gasteiger partial charge in [-0.3, -0.25) is 4.79 Å². The molecule has 3 N–H and O–H groups in total. The minimum atomic E-state index is -0.147. The lowest BCUT2D eigenvalue weighted by Gasteiger charge is -2.07. The van der Waals surface area contributed by atoms with Crippen LogP contribution in [-0.4, -0.2) is 5.91 Å². The first-order valence-electron chi connectivity index (χ1n) is 5.49. The molecule has 0 aliphatic heterocycles. The molecule has 0 spiro atoms. The van der Waals surface area contributed by atoms with Crippen LogP contribution in [0.2, 0.25) is 0 Å². The maximum Gasteiger partial charge on any atom is 0.255 e. The average molecular weight is 305 g/mol. The van der Waals surface area contributed by atoms with Crippen LogP contribution in [0.15, 0.2) is 46.9 Å². The quantitative estimate of drug-likeness (QED) is 0.833. The fourth-order valence-corrected chi connectivity index (χ4v) is 1.89. The number of anilines is 2. The molecule has 0 bridgehead atoms. The minimum absolute atomic E-state index is 0.147. The zero-order chi connectivity index (χ0) is 13.1. The lowest BCUT2D eigenvalue weighted by Crippen LogP contribution is -2.11. The van der Waals surface area contributed by atoms with Crippen LogP contribution in [0.4, 0.5) is 11.4 Å². The Hall–Kier alpha value is -1.81. The zero-order valence-electron chi connectivity index (χ0n) is 9.91. The zero-order valence-corrected chi connectivity index (χ0v) is 11.5. The van der Waals surface area contributed by atoms with E-state index in [2.05, 4.69) is 21.2 Å². The Morgan fingerprint density at radius 2 is 1.83 bits per heavy atom. The molecule has 0 atom stereocenters. The summed E-state index contributed by atoms with van der Waals surface area (Å²) >= 11 is 3.43. The molecule has 0 fully saturated rings. The van der Waals surface area contributed by atoms with E-state index in [-0.39, 0.29) is 5.91 Å². The molecule has 2 rings (SSSR count). The van der Waals surface area contributed by atoms with E-state index in [1.54, 1.807) is 24.3 Å². The molecule has 0 aliphatic carbocycles. The van der Waals surface area contributed by atoms with Crippen LogP contribution in [0.5, 0.6) is 0 Å². The number of amides is 1. The van der Waals surface area contributed by atoms with Crippen LogP contribution in [-0.2, 0) is 0 Å². The standard InChI is InChI=1S/C14H13BrN2O/c1-9-2-7-12(8-13(9)15)17-14(18)10-3-5-11(16)6-4-10/h2-8H,16H2,1H3,(H,17,18). The third-order valence-corrected chi connectivity index (χ3v) is 3.46. The highest BCUT2D eigenvalue weighted by Gasteiger charge is 2.06. The predicted molar refractivity (Wildman–Crippen MR) is 77.7 cm³/mol. The van der Waals surface area contributed by atoms with E-state index >= 15 is 0 Å². The van der Waals surface area contributed by atoms with E-state index in [9.17, 15) is 4.79 Å². The maximum atomic E-state index is 12.0. The Kier molecular flexibility index (Phi) is 3.67. The van der Waals surface area contributed by atoms with Crippen molar-refractivity contribution in [2.24, 2.45) is 0 Å². The average Bonchev–Trinajstić information content (AvgIpc) is 2.34. The van der Waals surface area contributed by atoms with Crippen molar-refractivity contribution in [3.05, 3.63) is 58.1 Å². The Morgan fingerprint density at radius 3 is 2.44 bits per heavy atom. The van der Waals surface area contributed by atoms with Gasteiger partial charge in [-0.05, 0) is 48.9 Å². The van der Waals surface area contributed by atoms with Crippen LogP contribution in [0.3, 0.4) is 0 Å². The molecule has 2 aromatic carbocycles. The van der Waals surface area contributed by atoms with Crippen molar-refractivity contribution in [1.82, 2.24) is 0 Å². The molecule has 0 radical (unpaired) electrons. The molecule has 92 valence electrons. The summed E-state index contributed by atoms with van der Waals surface area (Å²) in [5.41, 5.74) is 8.69. The largest absolute Gasteiger partial charge is 0.399 e. The summed E-state index contributed by atoms with van der Waals surface area (Å²) in [6.07, 6.45) is 0. The molecule has 0 aromatic heterocycles. The van der Waals surface area contributed by atoms with Gasteiger partial charge in [-0.1, -0.05) is 22.0 Å². The van der Waals surface area contributed by atoms with Gasteiger partial charge in [0, 0.05) is 21.4 Å². The first-order chi connectivity index (χ1) is 8.56. The van der Waals surface area contributed by atoms with E-state index in [1.807, 2.05) is 25.1 Å². The molecule has 0 aliphatic rings. The molecular formula is C14H13BrN2O. The van der Waals surface area contributed by atoms with Crippen LogP contribution >= 0.6 is 15.9 Å². The number of nitrogens with one attached hydrogen (secondary N) is 1. The number of rotatable bonds is 2. The second kappa shape index (κ2) is 5.23. The highest BCUT2D eigenvalue weighted by molar-refractivity contribution is 9.10. The summed E-state index contributed by atoms with van der Waals surface area (Å²) in [6, 6.07) is 12.5. The topological polar surface area (TPSA) is 55.1 Å². The van der Waals surface area contributed by atoms with Crippen LogP contribution < -0.4 is 11.1 Å². The van der Waals surface area contributed by atoms with Crippen LogP contribution in [0, 0.1) is 6.92 Å². The van der Waals surface area contributed by atoms with E-state index in [0.717, 1.165) is 15.7 Å². The summed E-state index contributed by atoms with van der Waals surface area (Å²) in [4.78, 5) is 12.0. The van der Waals surface area contributed by atoms with Gasteiger partial charge in [0.05, 0.1) is 0 Å². The third kappa shape index (κ3) is 2.90. The summed E-state index contributed by atoms with van der Waals surface area (Å²) < 4.78 is 0.970. The van der Waals surface area contributed by atoms with Gasteiger partial charge >= 0.3 is 0 Å². The number of halogens is 1. The molecule has 0 saturated heterocycles. The molecule has 1 amide bonds. The lowest BCUT2D eigenvalue weighted by molar-refractivity contribution is 0.102. The number of nitrogens with two attached hydrogens (primary N) is 1. The normalized spacial score (nSPS) is 10.1. The van der Waals surface area contributed by atoms with Gasteiger partial charge in [-0.15, -0.1) is 0 Å². The molecule has 0 heterocycles. The second-order valence-corrected chi connectivity index (χ2v) is 4.89. The predicted octanol–water partition coefficient (Wildman–Crippen LogP) is 3.59. The summed E-state index contributed by atoms with van der Waals surface area (Å²) in [6.45, 7) is 2.00. The fourth-order valence-electron chi connectivity index (χ4n) is 1.51. The minimum Gasteiger partial charge on any atom is -0.399 e. The van der Waals surface area contributed by atoms with Crippen LogP contribution in [0.1, 0.15) is 15.9 Å². The first kappa shape index (κ1) is 12.6. The van der Waals surface area contributed by atoms with Gasteiger partial charge in [0.1, 0.15) is 0 Å². The van der Waals surface area contributed by atoms with E-state index in [4.69, 9.17) is 5.73 Å². The van der Waals surface area contributed by atoms with E-state index < -0.39 is 0 Å². The highest BCUT2D eigenvalue weighted by atomic mass is 79.9. The van der Waals surface area contributed by atoms with Crippen molar-refractivity contribution < 1.29 is 4.79 Å². The Balaban J connectivity index is 2.16. The number of benzene rings is 2. The van der Waals surface area contributed by atoms with Crippen LogP contribution in [0.25, 0.3) is 0 Å². The van der Waals surface area contributed by atoms with Gasteiger partial charge in [0.2, 0.25) is 0 Å². The van der Waals surface area contributed by atoms with Crippen molar-refractivity contribution in [2.45, 2.75) is 6.92 Å². The summed E-state index contributed by atoms with van der Waals surface area (Å²) in [5, 5.41) is 2.84. The number of hydrogen-bond acceptors (Lipinski definition) is 2. The van der Waals surface area contributed by atoms with Crippen molar-refractivity contribution >= 4 is 33.2 Å². The second-order valence-electron chi connectivity index (χ2n) is 4.04. The van der Waals surface area contributed by atoms with Gasteiger partial charge < -0.3 is 11.1 Å². The Morgan fingerprint density at radius 1 is 1.17 bits per heavy atom. The summed E-state index contributed by atoms with van der Waals surface area (Å²) in [5.74, 6) is -0.147. The molecule has 2 aromatic rings. The molecule has 0 saturated carbocycles. The molecule has 18 heavy (non-hydrogen) atoms. The van der Waals surface area contributed by atoms with Crippen molar-refractivity contribution in [3.8, 4) is 0 Å². The van der Waals surface area contributed by atoms with Gasteiger partial charge in [0.25, 0.3) is 5.91 Å². The van der Waals surface area contributed by atoms with Crippen molar-refractivity contribution in [3.63, 3.8) is 0 Å². The Labute approximate surface area is 114 Å². The molecular weight excluding hydrogens is 292 g/mol. The SMILES string of the molecule is Cc1ccc(NC(=O)c2ccc(N)cc2)cc1Br. The van der Waals surface area contributed by atoms with Crippen molar-refractivity contribution in [1.29, 1.82) is 0 Å². The Bertz CT molecular complexity index is 579. The fraction of sp³-hybridized carbons (Fsp3) is 0.0714. The molecule has 4 heteroatoms. The van der Waals surface area contributed by atoms with Gasteiger partial charge in [-0.25, -0.2) is 0 Å². The van der Waals surface area contributed by atoms with Gasteiger partial charge in [-0.2, -0.15) is 0 Å². The van der Waals surface area contributed by atoms with E-state index in [1.165, 1.54) is 0 Å². The highest BCUT2D eigenvalue weighted by Crippen LogP contribution is 2.21. The van der Waals surface area contributed by atoms with Crippen molar-refractivity contribution in [2.75, 3.05) is 11.1 Å². The maximum absolute atomic E-state index is 12.0. The third-order valence-electron chi connectivity index (χ3n) is 2.60. The molecule has 3 nitrogen and oxygen atoms in total. The van der Waals surface area contributed by atoms with E-state index in [0.29, 0.717) is 11.3 Å². The number of carbonyl (C=O) groups is 1. The number of carbonyl (C=O) groups excluding carboxylic acids is 1.